The van der Waals surface area contributed by atoms with Crippen LogP contribution in [-0.4, -0.2) is 18.9 Å². The minimum absolute atomic E-state index is 0. The Morgan fingerprint density at radius 1 is 1.20 bits per heavy atom. The third-order valence-electron chi connectivity index (χ3n) is 2.64. The molecule has 0 atom stereocenters. The van der Waals surface area contributed by atoms with Crippen LogP contribution in [0.1, 0.15) is 18.4 Å². The molecule has 2 rings (SSSR count). The largest absolute Gasteiger partial charge is 0.384 e. The van der Waals surface area contributed by atoms with Crippen LogP contribution in [0.15, 0.2) is 24.3 Å². The first-order valence-corrected chi connectivity index (χ1v) is 4.97. The molecule has 0 spiro atoms. The molecule has 1 aliphatic heterocycles. The topological polar surface area (TPSA) is 53.1 Å². The summed E-state index contributed by atoms with van der Waals surface area (Å²) < 4.78 is 0. The van der Waals surface area contributed by atoms with E-state index in [0.29, 0.717) is 0 Å². The van der Waals surface area contributed by atoms with E-state index < -0.39 is 0 Å². The first kappa shape index (κ1) is 11.9. The van der Waals surface area contributed by atoms with Crippen LogP contribution in [0.5, 0.6) is 0 Å². The van der Waals surface area contributed by atoms with Gasteiger partial charge in [0.1, 0.15) is 5.84 Å². The molecule has 1 aromatic carbocycles. The lowest BCUT2D eigenvalue weighted by molar-refractivity contribution is 0.949. The van der Waals surface area contributed by atoms with Crippen LogP contribution in [-0.2, 0) is 0 Å². The van der Waals surface area contributed by atoms with E-state index in [2.05, 4.69) is 4.90 Å². The first-order chi connectivity index (χ1) is 6.79. The van der Waals surface area contributed by atoms with E-state index in [1.54, 1.807) is 0 Å². The average Bonchev–Trinajstić information content (AvgIpc) is 2.70. The lowest BCUT2D eigenvalue weighted by atomic mass is 10.1. The van der Waals surface area contributed by atoms with Crippen molar-refractivity contribution in [2.45, 2.75) is 12.8 Å². The maximum Gasteiger partial charge on any atom is 0.124 e. The normalized spacial score (nSPS) is 14.8. The Kier molecular flexibility index (Phi) is 3.97. The Labute approximate surface area is 96.2 Å². The number of nitrogens with two attached hydrogens (primary N) is 1. The smallest absolute Gasteiger partial charge is 0.124 e. The molecular formula is C11H16ClN3. The molecule has 3 nitrogen and oxygen atoms in total. The molecule has 15 heavy (non-hydrogen) atoms. The summed E-state index contributed by atoms with van der Waals surface area (Å²) in [7, 11) is 0. The van der Waals surface area contributed by atoms with Crippen LogP contribution in [0.25, 0.3) is 0 Å². The number of nitrogens with one attached hydrogen (secondary N) is 1. The van der Waals surface area contributed by atoms with E-state index in [1.807, 2.05) is 24.3 Å². The Bertz CT molecular complexity index is 345. The highest BCUT2D eigenvalue weighted by molar-refractivity contribution is 6.00. The monoisotopic (exact) mass is 225 g/mol. The lowest BCUT2D eigenvalue weighted by Gasteiger charge is -2.20. The van der Waals surface area contributed by atoms with Crippen molar-refractivity contribution < 1.29 is 0 Å². The highest BCUT2D eigenvalue weighted by Gasteiger charge is 2.15. The molecule has 1 aliphatic rings. The number of benzene rings is 1. The second kappa shape index (κ2) is 5.03. The van der Waals surface area contributed by atoms with Gasteiger partial charge in [-0.2, -0.15) is 0 Å². The maximum absolute atomic E-state index is 7.49. The van der Waals surface area contributed by atoms with Gasteiger partial charge < -0.3 is 10.6 Å². The van der Waals surface area contributed by atoms with Gasteiger partial charge in [-0.25, -0.2) is 0 Å². The number of nitrogen functional groups attached to an aromatic ring is 1. The number of nitrogens with zero attached hydrogens (tertiary/aromatic N) is 1. The fourth-order valence-electron chi connectivity index (χ4n) is 1.94. The predicted molar refractivity (Wildman–Crippen MR) is 66.2 cm³/mol. The molecule has 0 radical (unpaired) electrons. The van der Waals surface area contributed by atoms with Crippen LogP contribution < -0.4 is 10.6 Å². The average molecular weight is 226 g/mol. The quantitative estimate of drug-likeness (QED) is 0.598. The van der Waals surface area contributed by atoms with E-state index in [1.165, 1.54) is 12.8 Å². The van der Waals surface area contributed by atoms with Crippen molar-refractivity contribution in [2.75, 3.05) is 18.0 Å². The van der Waals surface area contributed by atoms with E-state index >= 15 is 0 Å². The third-order valence-corrected chi connectivity index (χ3v) is 2.64. The van der Waals surface area contributed by atoms with E-state index in [9.17, 15) is 0 Å². The van der Waals surface area contributed by atoms with Crippen LogP contribution in [0, 0.1) is 5.41 Å². The third kappa shape index (κ3) is 2.42. The number of rotatable bonds is 2. The van der Waals surface area contributed by atoms with Gasteiger partial charge in [-0.3, -0.25) is 5.41 Å². The van der Waals surface area contributed by atoms with Crippen LogP contribution in [0.3, 0.4) is 0 Å². The van der Waals surface area contributed by atoms with Gasteiger partial charge in [0.25, 0.3) is 0 Å². The van der Waals surface area contributed by atoms with Crippen molar-refractivity contribution in [3.05, 3.63) is 29.8 Å². The van der Waals surface area contributed by atoms with Gasteiger partial charge in [-0.15, -0.1) is 12.4 Å². The highest BCUT2D eigenvalue weighted by atomic mass is 35.5. The number of amidine groups is 1. The van der Waals surface area contributed by atoms with Crippen molar-refractivity contribution in [3.8, 4) is 0 Å². The molecule has 0 unspecified atom stereocenters. The lowest BCUT2D eigenvalue weighted by Crippen LogP contribution is -2.22. The molecule has 0 aromatic heterocycles. The molecule has 4 heteroatoms. The molecule has 82 valence electrons. The number of anilines is 1. The minimum Gasteiger partial charge on any atom is -0.384 e. The molecule has 0 aliphatic carbocycles. The van der Waals surface area contributed by atoms with E-state index in [0.717, 1.165) is 24.3 Å². The van der Waals surface area contributed by atoms with Crippen LogP contribution in [0.2, 0.25) is 0 Å². The summed E-state index contributed by atoms with van der Waals surface area (Å²) in [6.07, 6.45) is 2.48. The number of hydrogen-bond acceptors (Lipinski definition) is 2. The number of para-hydroxylation sites is 1. The Morgan fingerprint density at radius 3 is 2.40 bits per heavy atom. The summed E-state index contributed by atoms with van der Waals surface area (Å²) >= 11 is 0. The summed E-state index contributed by atoms with van der Waals surface area (Å²) in [5.41, 5.74) is 7.50. The summed E-state index contributed by atoms with van der Waals surface area (Å²) in [4.78, 5) is 2.30. The fraction of sp³-hybridized carbons (Fsp3) is 0.364. The van der Waals surface area contributed by atoms with Gasteiger partial charge in [-0.05, 0) is 25.0 Å². The van der Waals surface area contributed by atoms with Gasteiger partial charge in [0, 0.05) is 24.3 Å². The summed E-state index contributed by atoms with van der Waals surface area (Å²) in [6, 6.07) is 7.88. The fourth-order valence-corrected chi connectivity index (χ4v) is 1.94. The second-order valence-corrected chi connectivity index (χ2v) is 3.62. The van der Waals surface area contributed by atoms with Gasteiger partial charge >= 0.3 is 0 Å². The summed E-state index contributed by atoms with van der Waals surface area (Å²) in [6.45, 7) is 2.18. The molecule has 0 amide bonds. The van der Waals surface area contributed by atoms with Crippen molar-refractivity contribution in [2.24, 2.45) is 5.73 Å². The van der Waals surface area contributed by atoms with Gasteiger partial charge in [0.15, 0.2) is 0 Å². The van der Waals surface area contributed by atoms with Crippen molar-refractivity contribution in [1.82, 2.24) is 0 Å². The SMILES string of the molecule is Cl.N=C(N)c1ccccc1N1CCCC1. The van der Waals surface area contributed by atoms with Gasteiger partial charge in [0.05, 0.1) is 0 Å². The number of halogens is 1. The predicted octanol–water partition coefficient (Wildman–Crippen LogP) is 1.99. The number of hydrogen-bond donors (Lipinski definition) is 2. The Morgan fingerprint density at radius 2 is 1.80 bits per heavy atom. The molecule has 1 fully saturated rings. The minimum atomic E-state index is 0. The Hall–Kier alpha value is -1.22. The van der Waals surface area contributed by atoms with Crippen molar-refractivity contribution >= 4 is 23.9 Å². The van der Waals surface area contributed by atoms with E-state index in [-0.39, 0.29) is 18.2 Å². The van der Waals surface area contributed by atoms with Crippen LogP contribution >= 0.6 is 12.4 Å². The van der Waals surface area contributed by atoms with Crippen molar-refractivity contribution in [1.29, 1.82) is 5.41 Å². The van der Waals surface area contributed by atoms with Gasteiger partial charge in [-0.1, -0.05) is 12.1 Å². The zero-order valence-electron chi connectivity index (χ0n) is 8.57. The molecule has 0 bridgehead atoms. The highest BCUT2D eigenvalue weighted by Crippen LogP contribution is 2.23. The second-order valence-electron chi connectivity index (χ2n) is 3.62. The maximum atomic E-state index is 7.49. The van der Waals surface area contributed by atoms with Crippen LogP contribution in [0.4, 0.5) is 5.69 Å². The molecule has 1 aromatic rings. The molecule has 3 N–H and O–H groups in total. The Balaban J connectivity index is 0.00000112. The first-order valence-electron chi connectivity index (χ1n) is 4.97. The zero-order valence-corrected chi connectivity index (χ0v) is 9.39. The molecular weight excluding hydrogens is 210 g/mol. The zero-order chi connectivity index (χ0) is 9.97. The molecule has 1 heterocycles. The molecule has 0 saturated carbocycles. The standard InChI is InChI=1S/C11H15N3.ClH/c12-11(13)9-5-1-2-6-10(9)14-7-3-4-8-14;/h1-2,5-6H,3-4,7-8H2,(H3,12,13);1H. The van der Waals surface area contributed by atoms with E-state index in [4.69, 9.17) is 11.1 Å². The summed E-state index contributed by atoms with van der Waals surface area (Å²) in [5.74, 6) is 0.160. The van der Waals surface area contributed by atoms with Crippen molar-refractivity contribution in [3.63, 3.8) is 0 Å². The molecule has 1 saturated heterocycles. The summed E-state index contributed by atoms with van der Waals surface area (Å²) in [5, 5.41) is 7.49. The van der Waals surface area contributed by atoms with Gasteiger partial charge in [0.2, 0.25) is 0 Å².